The van der Waals surface area contributed by atoms with Crippen LogP contribution in [-0.4, -0.2) is 43.8 Å². The van der Waals surface area contributed by atoms with Gasteiger partial charge >= 0.3 is 0 Å². The third-order valence-electron chi connectivity index (χ3n) is 4.33. The Labute approximate surface area is 178 Å². The van der Waals surface area contributed by atoms with Crippen molar-refractivity contribution in [3.05, 3.63) is 47.0 Å². The van der Waals surface area contributed by atoms with E-state index in [0.717, 1.165) is 4.70 Å². The molecule has 0 radical (unpaired) electrons. The molecule has 1 heterocycles. The molecule has 29 heavy (non-hydrogen) atoms. The van der Waals surface area contributed by atoms with E-state index in [2.05, 4.69) is 10.3 Å². The minimum absolute atomic E-state index is 0.0308. The van der Waals surface area contributed by atoms with E-state index in [9.17, 15) is 13.2 Å². The zero-order chi connectivity index (χ0) is 21.2. The summed E-state index contributed by atoms with van der Waals surface area (Å²) in [4.78, 5) is 17.3. The Morgan fingerprint density at radius 3 is 2.59 bits per heavy atom. The molecule has 3 aromatic rings. The first kappa shape index (κ1) is 21.5. The number of benzene rings is 2. The molecule has 154 valence electrons. The van der Waals surface area contributed by atoms with Crippen LogP contribution in [0.15, 0.2) is 41.3 Å². The molecule has 0 aliphatic heterocycles. The van der Waals surface area contributed by atoms with Gasteiger partial charge in [0.2, 0.25) is 10.0 Å². The molecule has 0 saturated carbocycles. The first-order valence-electron chi connectivity index (χ1n) is 8.85. The van der Waals surface area contributed by atoms with E-state index in [-0.39, 0.29) is 16.2 Å². The minimum Gasteiger partial charge on any atom is -0.496 e. The van der Waals surface area contributed by atoms with E-state index < -0.39 is 15.9 Å². The van der Waals surface area contributed by atoms with Crippen molar-refractivity contribution in [2.45, 2.75) is 18.7 Å². The number of fused-ring (bicyclic) bond motifs is 1. The number of sulfonamides is 1. The van der Waals surface area contributed by atoms with Crippen molar-refractivity contribution < 1.29 is 17.9 Å². The predicted octanol–water partition coefficient (Wildman–Crippen LogP) is 4.24. The summed E-state index contributed by atoms with van der Waals surface area (Å²) in [7, 11) is -2.29. The average Bonchev–Trinajstić information content (AvgIpc) is 3.09. The fourth-order valence-corrected chi connectivity index (χ4v) is 5.48. The maximum absolute atomic E-state index is 12.9. The largest absolute Gasteiger partial charge is 0.496 e. The number of halogens is 1. The highest BCUT2D eigenvalue weighted by Gasteiger charge is 2.25. The molecule has 7 nitrogen and oxygen atoms in total. The summed E-state index contributed by atoms with van der Waals surface area (Å²) in [5.74, 6) is -0.242. The van der Waals surface area contributed by atoms with E-state index in [1.54, 1.807) is 32.0 Å². The zero-order valence-corrected chi connectivity index (χ0v) is 18.5. The zero-order valence-electron chi connectivity index (χ0n) is 16.1. The lowest BCUT2D eigenvalue weighted by molar-refractivity contribution is 0.102. The van der Waals surface area contributed by atoms with Gasteiger partial charge in [-0.25, -0.2) is 13.4 Å². The summed E-state index contributed by atoms with van der Waals surface area (Å²) >= 11 is 7.27. The minimum atomic E-state index is -3.71. The maximum atomic E-state index is 12.9. The molecule has 0 atom stereocenters. The van der Waals surface area contributed by atoms with Gasteiger partial charge in [-0.3, -0.25) is 10.1 Å². The second-order valence-corrected chi connectivity index (χ2v) is 9.44. The number of carbonyl (C=O) groups excluding carboxylic acids is 1. The van der Waals surface area contributed by atoms with Crippen LogP contribution in [0.2, 0.25) is 5.02 Å². The molecule has 0 bridgehead atoms. The first-order chi connectivity index (χ1) is 13.8. The van der Waals surface area contributed by atoms with Gasteiger partial charge in [-0.05, 0) is 36.4 Å². The van der Waals surface area contributed by atoms with Crippen LogP contribution in [-0.2, 0) is 10.0 Å². The second kappa shape index (κ2) is 8.66. The van der Waals surface area contributed by atoms with Crippen molar-refractivity contribution in [1.29, 1.82) is 0 Å². The van der Waals surface area contributed by atoms with Crippen molar-refractivity contribution in [2.75, 3.05) is 25.5 Å². The van der Waals surface area contributed by atoms with Gasteiger partial charge in [0.05, 0.1) is 27.8 Å². The van der Waals surface area contributed by atoms with Gasteiger partial charge in [0.25, 0.3) is 5.91 Å². The number of nitrogens with zero attached hydrogens (tertiary/aromatic N) is 2. The fraction of sp³-hybridized carbons (Fsp3) is 0.263. The number of rotatable bonds is 7. The smallest absolute Gasteiger partial charge is 0.261 e. The topological polar surface area (TPSA) is 88.6 Å². The van der Waals surface area contributed by atoms with E-state index >= 15 is 0 Å². The number of ether oxygens (including phenoxy) is 1. The number of anilines is 1. The highest BCUT2D eigenvalue weighted by molar-refractivity contribution is 7.89. The summed E-state index contributed by atoms with van der Waals surface area (Å²) < 4.78 is 33.0. The Balaban J connectivity index is 1.96. The van der Waals surface area contributed by atoms with Gasteiger partial charge in [-0.15, -0.1) is 0 Å². The standard InChI is InChI=1S/C19H20ClN3O4S2/c1-4-23(5-2)29(25,26)13-7-9-16(27-3)14(11-13)18(24)22-19-21-15-8-6-12(20)10-17(15)28-19/h6-11H,4-5H2,1-3H3,(H,21,22,24). The number of methoxy groups -OCH3 is 1. The Bertz CT molecular complexity index is 1160. The predicted molar refractivity (Wildman–Crippen MR) is 116 cm³/mol. The molecule has 0 aliphatic carbocycles. The summed E-state index contributed by atoms with van der Waals surface area (Å²) in [5.41, 5.74) is 0.817. The SMILES string of the molecule is CCN(CC)S(=O)(=O)c1ccc(OC)c(C(=O)Nc2nc3ccc(Cl)cc3s2)c1. The van der Waals surface area contributed by atoms with Crippen LogP contribution in [0.4, 0.5) is 5.13 Å². The van der Waals surface area contributed by atoms with Crippen LogP contribution >= 0.6 is 22.9 Å². The van der Waals surface area contributed by atoms with Gasteiger partial charge in [-0.1, -0.05) is 36.8 Å². The van der Waals surface area contributed by atoms with Gasteiger partial charge in [0, 0.05) is 18.1 Å². The average molecular weight is 454 g/mol. The molecule has 1 N–H and O–H groups in total. The van der Waals surface area contributed by atoms with E-state index in [1.165, 1.54) is 41.0 Å². The molecule has 0 fully saturated rings. The molecule has 0 aliphatic rings. The Morgan fingerprint density at radius 2 is 1.93 bits per heavy atom. The van der Waals surface area contributed by atoms with Crippen molar-refractivity contribution in [3.8, 4) is 5.75 Å². The van der Waals surface area contributed by atoms with Gasteiger partial charge < -0.3 is 4.74 Å². The van der Waals surface area contributed by atoms with Crippen LogP contribution in [0, 0.1) is 0 Å². The number of carbonyl (C=O) groups is 1. The van der Waals surface area contributed by atoms with Gasteiger partial charge in [-0.2, -0.15) is 4.31 Å². The van der Waals surface area contributed by atoms with Crippen LogP contribution in [0.3, 0.4) is 0 Å². The normalized spacial score (nSPS) is 11.8. The number of thiazole rings is 1. The van der Waals surface area contributed by atoms with E-state index in [1.807, 2.05) is 0 Å². The highest BCUT2D eigenvalue weighted by atomic mass is 35.5. The lowest BCUT2D eigenvalue weighted by atomic mass is 10.2. The molecule has 1 aromatic heterocycles. The lowest BCUT2D eigenvalue weighted by Gasteiger charge is -2.19. The highest BCUT2D eigenvalue weighted by Crippen LogP contribution is 2.30. The third kappa shape index (κ3) is 4.37. The van der Waals surface area contributed by atoms with E-state index in [0.29, 0.717) is 28.8 Å². The number of aromatic nitrogens is 1. The first-order valence-corrected chi connectivity index (χ1v) is 11.5. The molecule has 0 saturated heterocycles. The lowest BCUT2D eigenvalue weighted by Crippen LogP contribution is -2.30. The van der Waals surface area contributed by atoms with Gasteiger partial charge in [0.15, 0.2) is 5.13 Å². The van der Waals surface area contributed by atoms with Crippen LogP contribution < -0.4 is 10.1 Å². The summed E-state index contributed by atoms with van der Waals surface area (Å²) in [6.07, 6.45) is 0. The second-order valence-electron chi connectivity index (χ2n) is 6.04. The third-order valence-corrected chi connectivity index (χ3v) is 7.54. The fourth-order valence-electron chi connectivity index (χ4n) is 2.85. The van der Waals surface area contributed by atoms with Gasteiger partial charge in [0.1, 0.15) is 5.75 Å². The Kier molecular flexibility index (Phi) is 6.42. The number of amides is 1. The molecule has 2 aromatic carbocycles. The number of nitrogens with one attached hydrogen (secondary N) is 1. The van der Waals surface area contributed by atoms with Crippen molar-refractivity contribution in [1.82, 2.24) is 9.29 Å². The summed E-state index contributed by atoms with van der Waals surface area (Å²) in [5, 5.41) is 3.67. The summed E-state index contributed by atoms with van der Waals surface area (Å²) in [6.45, 7) is 4.19. The molecular weight excluding hydrogens is 434 g/mol. The molecular formula is C19H20ClN3O4S2. The van der Waals surface area contributed by atoms with Crippen molar-refractivity contribution in [3.63, 3.8) is 0 Å². The van der Waals surface area contributed by atoms with Crippen LogP contribution in [0.25, 0.3) is 10.2 Å². The van der Waals surface area contributed by atoms with Crippen molar-refractivity contribution >= 4 is 54.2 Å². The van der Waals surface area contributed by atoms with E-state index in [4.69, 9.17) is 16.3 Å². The Hall–Kier alpha value is -2.20. The maximum Gasteiger partial charge on any atom is 0.261 e. The van der Waals surface area contributed by atoms with Crippen LogP contribution in [0.1, 0.15) is 24.2 Å². The molecule has 1 amide bonds. The molecule has 0 spiro atoms. The van der Waals surface area contributed by atoms with Crippen LogP contribution in [0.5, 0.6) is 5.75 Å². The number of hydrogen-bond acceptors (Lipinski definition) is 6. The molecule has 10 heteroatoms. The molecule has 0 unspecified atom stereocenters. The quantitative estimate of drug-likeness (QED) is 0.578. The number of hydrogen-bond donors (Lipinski definition) is 1. The van der Waals surface area contributed by atoms with Crippen molar-refractivity contribution in [2.24, 2.45) is 0 Å². The Morgan fingerprint density at radius 1 is 1.21 bits per heavy atom. The summed E-state index contributed by atoms with van der Waals surface area (Å²) in [6, 6.07) is 9.49. The molecule has 3 rings (SSSR count). The monoisotopic (exact) mass is 453 g/mol.